The number of halogens is 2. The predicted molar refractivity (Wildman–Crippen MR) is 117 cm³/mol. The zero-order chi connectivity index (χ0) is 20.2. The zero-order valence-electron chi connectivity index (χ0n) is 16.2. The average molecular weight is 505 g/mol. The van der Waals surface area contributed by atoms with E-state index in [9.17, 15) is 8.96 Å². The molecule has 7 heteroatoms. The monoisotopic (exact) mass is 505 g/mol. The number of hydrogen-bond donors (Lipinski definition) is 1. The van der Waals surface area contributed by atoms with Crippen LogP contribution in [-0.4, -0.2) is 12.2 Å². The lowest BCUT2D eigenvalue weighted by molar-refractivity contribution is 0.138. The van der Waals surface area contributed by atoms with E-state index >= 15 is 0 Å². The van der Waals surface area contributed by atoms with Gasteiger partial charge in [-0.15, -0.1) is 0 Å². The normalized spacial score (nSPS) is 13.2. The molecule has 0 radical (unpaired) electrons. The highest BCUT2D eigenvalue weighted by Crippen LogP contribution is 2.62. The van der Waals surface area contributed by atoms with Crippen molar-refractivity contribution in [3.05, 3.63) is 63.0 Å². The first kappa shape index (κ1) is 22.3. The van der Waals surface area contributed by atoms with Gasteiger partial charge in [-0.25, -0.2) is 4.39 Å². The second-order valence-corrected chi connectivity index (χ2v) is 10.2. The summed E-state index contributed by atoms with van der Waals surface area (Å²) in [5.74, 6) is -1.12. The molecule has 2 rings (SSSR count). The number of benzene rings is 2. The SMILES string of the molecule is Cc1cc(I)ccc1NC(c1ccc(F)cc1)P(=O)(OC(C)C)OC(C)C. The van der Waals surface area contributed by atoms with Crippen LogP contribution in [0.15, 0.2) is 42.5 Å². The lowest BCUT2D eigenvalue weighted by atomic mass is 10.1. The van der Waals surface area contributed by atoms with Crippen LogP contribution in [-0.2, 0) is 13.6 Å². The fourth-order valence-corrected chi connectivity index (χ4v) is 5.61. The smallest absolute Gasteiger partial charge is 0.357 e. The molecule has 0 bridgehead atoms. The highest BCUT2D eigenvalue weighted by Gasteiger charge is 2.39. The molecule has 4 nitrogen and oxygen atoms in total. The van der Waals surface area contributed by atoms with Crippen molar-refractivity contribution in [1.29, 1.82) is 0 Å². The summed E-state index contributed by atoms with van der Waals surface area (Å²) >= 11 is 2.25. The van der Waals surface area contributed by atoms with Gasteiger partial charge in [0.25, 0.3) is 0 Å². The minimum absolute atomic E-state index is 0.294. The van der Waals surface area contributed by atoms with E-state index in [1.807, 2.05) is 52.8 Å². The number of aryl methyl sites for hydroxylation is 1. The molecule has 0 saturated carbocycles. The molecule has 0 amide bonds. The molecule has 0 aromatic heterocycles. The molecular formula is C20H26FINO3P. The molecule has 2 aromatic carbocycles. The molecule has 27 heavy (non-hydrogen) atoms. The third-order valence-electron chi connectivity index (χ3n) is 3.70. The Bertz CT molecular complexity index is 797. The van der Waals surface area contributed by atoms with Crippen molar-refractivity contribution in [2.75, 3.05) is 5.32 Å². The van der Waals surface area contributed by atoms with E-state index < -0.39 is 13.4 Å². The molecule has 0 aliphatic carbocycles. The van der Waals surface area contributed by atoms with Gasteiger partial charge in [0.2, 0.25) is 0 Å². The molecule has 0 heterocycles. The van der Waals surface area contributed by atoms with Crippen molar-refractivity contribution < 1.29 is 18.0 Å². The van der Waals surface area contributed by atoms with E-state index in [0.717, 1.165) is 14.8 Å². The Morgan fingerprint density at radius 2 is 1.56 bits per heavy atom. The molecule has 1 atom stereocenters. The average Bonchev–Trinajstić information content (AvgIpc) is 2.53. The van der Waals surface area contributed by atoms with E-state index in [1.165, 1.54) is 12.1 Å². The highest BCUT2D eigenvalue weighted by atomic mass is 127. The van der Waals surface area contributed by atoms with Gasteiger partial charge in [0, 0.05) is 9.26 Å². The van der Waals surface area contributed by atoms with Crippen LogP contribution in [0.5, 0.6) is 0 Å². The Morgan fingerprint density at radius 1 is 1.00 bits per heavy atom. The van der Waals surface area contributed by atoms with E-state index in [2.05, 4.69) is 27.9 Å². The van der Waals surface area contributed by atoms with E-state index in [-0.39, 0.29) is 18.0 Å². The van der Waals surface area contributed by atoms with Crippen molar-refractivity contribution in [3.63, 3.8) is 0 Å². The molecule has 1 unspecified atom stereocenters. The molecule has 2 aromatic rings. The summed E-state index contributed by atoms with van der Waals surface area (Å²) in [4.78, 5) is 0. The first-order valence-electron chi connectivity index (χ1n) is 8.85. The quantitative estimate of drug-likeness (QED) is 0.314. The van der Waals surface area contributed by atoms with Crippen LogP contribution in [0.1, 0.15) is 44.6 Å². The number of hydrogen-bond acceptors (Lipinski definition) is 4. The number of rotatable bonds is 8. The fourth-order valence-electron chi connectivity index (χ4n) is 2.66. The van der Waals surface area contributed by atoms with Gasteiger partial charge in [0.1, 0.15) is 5.82 Å². The Morgan fingerprint density at radius 3 is 2.04 bits per heavy atom. The summed E-state index contributed by atoms with van der Waals surface area (Å²) < 4.78 is 40.0. The minimum atomic E-state index is -3.61. The topological polar surface area (TPSA) is 47.6 Å². The van der Waals surface area contributed by atoms with Gasteiger partial charge in [-0.05, 0) is 98.7 Å². The Balaban J connectivity index is 2.52. The Labute approximate surface area is 174 Å². The Kier molecular flexibility index (Phi) is 7.86. The first-order chi connectivity index (χ1) is 12.6. The molecule has 1 N–H and O–H groups in total. The highest BCUT2D eigenvalue weighted by molar-refractivity contribution is 14.1. The van der Waals surface area contributed by atoms with Crippen LogP contribution in [0.2, 0.25) is 0 Å². The van der Waals surface area contributed by atoms with Crippen LogP contribution in [0, 0.1) is 16.3 Å². The van der Waals surface area contributed by atoms with E-state index in [1.54, 1.807) is 12.1 Å². The van der Waals surface area contributed by atoms with Crippen LogP contribution in [0.4, 0.5) is 10.1 Å². The van der Waals surface area contributed by atoms with Crippen molar-refractivity contribution >= 4 is 35.9 Å². The summed E-state index contributed by atoms with van der Waals surface area (Å²) in [5, 5.41) is 3.32. The molecule has 0 spiro atoms. The van der Waals surface area contributed by atoms with Crippen molar-refractivity contribution in [1.82, 2.24) is 0 Å². The van der Waals surface area contributed by atoms with Crippen LogP contribution in [0.25, 0.3) is 0 Å². The maximum atomic E-state index is 13.8. The van der Waals surface area contributed by atoms with Crippen LogP contribution in [0.3, 0.4) is 0 Å². The predicted octanol–water partition coefficient (Wildman–Crippen LogP) is 6.89. The van der Waals surface area contributed by atoms with Crippen molar-refractivity contribution in [3.8, 4) is 0 Å². The molecular weight excluding hydrogens is 479 g/mol. The molecule has 0 fully saturated rings. The van der Waals surface area contributed by atoms with Gasteiger partial charge in [0.15, 0.2) is 5.78 Å². The molecule has 0 saturated heterocycles. The largest absolute Gasteiger partial charge is 0.368 e. The lowest BCUT2D eigenvalue weighted by Crippen LogP contribution is -2.19. The summed E-state index contributed by atoms with van der Waals surface area (Å²) in [6.45, 7) is 9.23. The third-order valence-corrected chi connectivity index (χ3v) is 6.86. The summed E-state index contributed by atoms with van der Waals surface area (Å²) in [6, 6.07) is 11.8. The number of nitrogens with one attached hydrogen (secondary N) is 1. The fraction of sp³-hybridized carbons (Fsp3) is 0.400. The number of anilines is 1. The standard InChI is InChI=1S/C20H26FINO3P/c1-13(2)25-27(24,26-14(3)4)20(16-6-8-17(21)9-7-16)23-19-11-10-18(22)12-15(19)5/h6-14,20,23H,1-5H3. The molecule has 0 aliphatic rings. The third kappa shape index (κ3) is 6.28. The molecule has 148 valence electrons. The summed E-state index contributed by atoms with van der Waals surface area (Å²) in [5.41, 5.74) is 2.47. The van der Waals surface area contributed by atoms with E-state index in [0.29, 0.717) is 5.56 Å². The van der Waals surface area contributed by atoms with E-state index in [4.69, 9.17) is 9.05 Å². The van der Waals surface area contributed by atoms with Crippen molar-refractivity contribution in [2.45, 2.75) is 52.6 Å². The van der Waals surface area contributed by atoms with Gasteiger partial charge >= 0.3 is 7.60 Å². The van der Waals surface area contributed by atoms with Gasteiger partial charge in [0.05, 0.1) is 12.2 Å². The van der Waals surface area contributed by atoms with Gasteiger partial charge in [-0.2, -0.15) is 0 Å². The van der Waals surface area contributed by atoms with Crippen LogP contribution >= 0.6 is 30.2 Å². The lowest BCUT2D eigenvalue weighted by Gasteiger charge is -2.31. The maximum Gasteiger partial charge on any atom is 0.357 e. The van der Waals surface area contributed by atoms with Crippen LogP contribution < -0.4 is 5.32 Å². The maximum absolute atomic E-state index is 13.8. The Hall–Kier alpha value is -0.950. The minimum Gasteiger partial charge on any atom is -0.368 e. The second kappa shape index (κ2) is 9.50. The van der Waals surface area contributed by atoms with Crippen molar-refractivity contribution in [2.24, 2.45) is 0 Å². The molecule has 0 aliphatic heterocycles. The first-order valence-corrected chi connectivity index (χ1v) is 11.5. The zero-order valence-corrected chi connectivity index (χ0v) is 19.3. The van der Waals surface area contributed by atoms with Gasteiger partial charge in [-0.3, -0.25) is 4.57 Å². The van der Waals surface area contributed by atoms with Gasteiger partial charge < -0.3 is 14.4 Å². The second-order valence-electron chi connectivity index (χ2n) is 6.91. The summed E-state index contributed by atoms with van der Waals surface area (Å²) in [6.07, 6.45) is -0.589. The summed E-state index contributed by atoms with van der Waals surface area (Å²) in [7, 11) is -3.61. The van der Waals surface area contributed by atoms with Gasteiger partial charge in [-0.1, -0.05) is 12.1 Å².